The van der Waals surface area contributed by atoms with Gasteiger partial charge in [0.05, 0.1) is 12.2 Å². The lowest BCUT2D eigenvalue weighted by Crippen LogP contribution is -2.39. The van der Waals surface area contributed by atoms with E-state index in [1.54, 1.807) is 0 Å². The van der Waals surface area contributed by atoms with E-state index < -0.39 is 0 Å². The maximum Gasteiger partial charge on any atom is 0.242 e. The monoisotopic (exact) mass is 252 g/mol. The van der Waals surface area contributed by atoms with Crippen molar-refractivity contribution in [2.75, 3.05) is 23.7 Å². The van der Waals surface area contributed by atoms with E-state index in [4.69, 9.17) is 10.5 Å². The largest absolute Gasteiger partial charge is 0.473 e. The molecule has 1 unspecified atom stereocenters. The van der Waals surface area contributed by atoms with Crippen LogP contribution in [0.25, 0.3) is 0 Å². The molecule has 1 aromatic rings. The number of ether oxygens (including phenoxy) is 1. The molecule has 6 heteroatoms. The summed E-state index contributed by atoms with van der Waals surface area (Å²) in [5.74, 6) is 1.06. The van der Waals surface area contributed by atoms with Gasteiger partial charge in [-0.3, -0.25) is 0 Å². The van der Waals surface area contributed by atoms with Crippen LogP contribution in [-0.4, -0.2) is 40.4 Å². The molecule has 0 aromatic carbocycles. The summed E-state index contributed by atoms with van der Waals surface area (Å²) in [6.45, 7) is 5.25. The molecule has 0 saturated carbocycles. The van der Waals surface area contributed by atoms with Crippen molar-refractivity contribution in [1.29, 1.82) is 0 Å². The summed E-state index contributed by atoms with van der Waals surface area (Å²) in [5, 5.41) is 9.69. The van der Waals surface area contributed by atoms with Crippen LogP contribution >= 0.6 is 0 Å². The summed E-state index contributed by atoms with van der Waals surface area (Å²) >= 11 is 0. The molecule has 1 atom stereocenters. The summed E-state index contributed by atoms with van der Waals surface area (Å²) in [7, 11) is 0. The number of rotatable bonds is 3. The van der Waals surface area contributed by atoms with E-state index in [1.807, 2.05) is 18.7 Å². The van der Waals surface area contributed by atoms with Crippen LogP contribution in [0.3, 0.4) is 0 Å². The van der Waals surface area contributed by atoms with Gasteiger partial charge in [0, 0.05) is 13.1 Å². The lowest BCUT2D eigenvalue weighted by molar-refractivity contribution is 0.154. The first kappa shape index (κ1) is 12.9. The van der Waals surface area contributed by atoms with Gasteiger partial charge in [-0.15, -0.1) is 0 Å². The van der Waals surface area contributed by atoms with E-state index in [2.05, 4.69) is 9.97 Å². The molecule has 0 bridgehead atoms. The molecule has 1 aromatic heterocycles. The lowest BCUT2D eigenvalue weighted by Gasteiger charge is -2.31. The number of piperidine rings is 1. The van der Waals surface area contributed by atoms with Crippen molar-refractivity contribution in [3.05, 3.63) is 6.33 Å². The minimum atomic E-state index is -0.317. The van der Waals surface area contributed by atoms with E-state index in [0.29, 0.717) is 23.9 Å². The third-order valence-electron chi connectivity index (χ3n) is 2.87. The van der Waals surface area contributed by atoms with Crippen LogP contribution in [0.1, 0.15) is 26.7 Å². The lowest BCUT2D eigenvalue weighted by atomic mass is 10.1. The summed E-state index contributed by atoms with van der Waals surface area (Å²) in [6, 6.07) is 0. The number of anilines is 2. The highest BCUT2D eigenvalue weighted by atomic mass is 16.5. The van der Waals surface area contributed by atoms with Gasteiger partial charge in [-0.2, -0.15) is 4.98 Å². The van der Waals surface area contributed by atoms with Crippen molar-refractivity contribution in [1.82, 2.24) is 9.97 Å². The first-order valence-electron chi connectivity index (χ1n) is 6.28. The number of aliphatic hydroxyl groups excluding tert-OH is 1. The van der Waals surface area contributed by atoms with E-state index >= 15 is 0 Å². The molecule has 0 aliphatic carbocycles. The minimum absolute atomic E-state index is 0.0157. The molecule has 18 heavy (non-hydrogen) atoms. The second kappa shape index (κ2) is 5.39. The fraction of sp³-hybridized carbons (Fsp3) is 0.667. The average molecular weight is 252 g/mol. The van der Waals surface area contributed by atoms with Crippen LogP contribution in [-0.2, 0) is 0 Å². The Labute approximate surface area is 107 Å². The third-order valence-corrected chi connectivity index (χ3v) is 2.87. The van der Waals surface area contributed by atoms with Crippen LogP contribution in [0.4, 0.5) is 11.5 Å². The first-order chi connectivity index (χ1) is 8.58. The zero-order valence-electron chi connectivity index (χ0n) is 10.8. The fourth-order valence-electron chi connectivity index (χ4n) is 2.09. The van der Waals surface area contributed by atoms with Crippen molar-refractivity contribution >= 4 is 11.5 Å². The van der Waals surface area contributed by atoms with Crippen molar-refractivity contribution < 1.29 is 9.84 Å². The van der Waals surface area contributed by atoms with Gasteiger partial charge in [-0.1, -0.05) is 0 Å². The van der Waals surface area contributed by atoms with Gasteiger partial charge in [0.2, 0.25) is 5.88 Å². The highest BCUT2D eigenvalue weighted by molar-refractivity contribution is 5.67. The van der Waals surface area contributed by atoms with Gasteiger partial charge in [0.1, 0.15) is 12.0 Å². The third kappa shape index (κ3) is 2.81. The minimum Gasteiger partial charge on any atom is -0.473 e. The van der Waals surface area contributed by atoms with Gasteiger partial charge < -0.3 is 20.5 Å². The highest BCUT2D eigenvalue weighted by Gasteiger charge is 2.22. The first-order valence-corrected chi connectivity index (χ1v) is 6.28. The number of hydrogen-bond donors (Lipinski definition) is 2. The quantitative estimate of drug-likeness (QED) is 0.828. The Balaban J connectivity index is 2.22. The maximum atomic E-state index is 9.69. The molecular formula is C12H20N4O2. The van der Waals surface area contributed by atoms with Gasteiger partial charge in [0.25, 0.3) is 0 Å². The van der Waals surface area contributed by atoms with Gasteiger partial charge >= 0.3 is 0 Å². The number of hydrogen-bond acceptors (Lipinski definition) is 6. The Hall–Kier alpha value is -1.56. The van der Waals surface area contributed by atoms with Gasteiger partial charge in [0.15, 0.2) is 5.82 Å². The number of aliphatic hydroxyl groups is 1. The molecule has 3 N–H and O–H groups in total. The second-order valence-corrected chi connectivity index (χ2v) is 4.82. The topological polar surface area (TPSA) is 84.5 Å². The molecule has 1 aliphatic rings. The van der Waals surface area contributed by atoms with E-state index in [9.17, 15) is 5.11 Å². The number of aromatic nitrogens is 2. The molecule has 2 heterocycles. The van der Waals surface area contributed by atoms with Crippen molar-refractivity contribution in [2.45, 2.75) is 38.9 Å². The second-order valence-electron chi connectivity index (χ2n) is 4.82. The fourth-order valence-corrected chi connectivity index (χ4v) is 2.09. The van der Waals surface area contributed by atoms with Crippen molar-refractivity contribution in [2.24, 2.45) is 0 Å². The molecule has 6 nitrogen and oxygen atoms in total. The average Bonchev–Trinajstić information content (AvgIpc) is 2.31. The Morgan fingerprint density at radius 1 is 1.50 bits per heavy atom. The molecule has 1 fully saturated rings. The van der Waals surface area contributed by atoms with Crippen LogP contribution in [0.15, 0.2) is 6.33 Å². The predicted octanol–water partition coefficient (Wildman–Crippen LogP) is 0.807. The summed E-state index contributed by atoms with van der Waals surface area (Å²) in [5.41, 5.74) is 6.48. The molecule has 1 saturated heterocycles. The zero-order chi connectivity index (χ0) is 13.1. The molecule has 2 rings (SSSR count). The van der Waals surface area contributed by atoms with Crippen molar-refractivity contribution in [3.8, 4) is 5.88 Å². The van der Waals surface area contributed by atoms with Gasteiger partial charge in [-0.25, -0.2) is 4.98 Å². The van der Waals surface area contributed by atoms with E-state index in [-0.39, 0.29) is 12.2 Å². The maximum absolute atomic E-state index is 9.69. The Morgan fingerprint density at radius 2 is 2.28 bits per heavy atom. The Kier molecular flexibility index (Phi) is 3.86. The highest BCUT2D eigenvalue weighted by Crippen LogP contribution is 2.30. The molecule has 0 spiro atoms. The van der Waals surface area contributed by atoms with Gasteiger partial charge in [-0.05, 0) is 26.7 Å². The number of β-amino-alcohol motifs (C(OH)–C–C–N with tert-alkyl or cyclic N) is 1. The Bertz CT molecular complexity index is 411. The van der Waals surface area contributed by atoms with Crippen LogP contribution < -0.4 is 15.4 Å². The van der Waals surface area contributed by atoms with E-state index in [0.717, 1.165) is 19.4 Å². The van der Waals surface area contributed by atoms with Crippen LogP contribution in [0.5, 0.6) is 5.88 Å². The number of nitrogens with zero attached hydrogens (tertiary/aromatic N) is 3. The molecule has 0 radical (unpaired) electrons. The molecular weight excluding hydrogens is 232 g/mol. The summed E-state index contributed by atoms with van der Waals surface area (Å²) in [4.78, 5) is 10.2. The number of nitrogens with two attached hydrogens (primary N) is 1. The summed E-state index contributed by atoms with van der Waals surface area (Å²) in [6.07, 6.45) is 2.91. The summed E-state index contributed by atoms with van der Waals surface area (Å²) < 4.78 is 5.54. The smallest absolute Gasteiger partial charge is 0.242 e. The zero-order valence-corrected chi connectivity index (χ0v) is 10.8. The van der Waals surface area contributed by atoms with Crippen molar-refractivity contribution in [3.63, 3.8) is 0 Å². The van der Waals surface area contributed by atoms with Crippen LogP contribution in [0, 0.1) is 0 Å². The SMILES string of the molecule is CC(C)Oc1ncnc(N2CCCC(O)C2)c1N. The van der Waals surface area contributed by atoms with E-state index in [1.165, 1.54) is 6.33 Å². The van der Waals surface area contributed by atoms with Crippen LogP contribution in [0.2, 0.25) is 0 Å². The Morgan fingerprint density at radius 3 is 2.94 bits per heavy atom. The number of nitrogen functional groups attached to an aromatic ring is 1. The molecule has 1 aliphatic heterocycles. The normalized spacial score (nSPS) is 20.2. The molecule has 0 amide bonds. The predicted molar refractivity (Wildman–Crippen MR) is 69.7 cm³/mol. The standard InChI is InChI=1S/C12H20N4O2/c1-8(2)18-12-10(13)11(14-7-15-12)16-5-3-4-9(17)6-16/h7-9,17H,3-6,13H2,1-2H3. The molecule has 100 valence electrons.